The number of nitrogens with zero attached hydrogens (tertiary/aromatic N) is 1. The molecule has 1 aromatic carbocycles. The molecule has 1 unspecified atom stereocenters. The highest BCUT2D eigenvalue weighted by molar-refractivity contribution is 5.95. The minimum Gasteiger partial charge on any atom is -0.497 e. The Morgan fingerprint density at radius 2 is 1.83 bits per heavy atom. The summed E-state index contributed by atoms with van der Waals surface area (Å²) in [7, 11) is 3.35. The highest BCUT2D eigenvalue weighted by atomic mass is 16.5. The van der Waals surface area contributed by atoms with Crippen LogP contribution in [-0.2, 0) is 9.59 Å². The second-order valence-electron chi connectivity index (χ2n) is 5.95. The van der Waals surface area contributed by atoms with E-state index in [1.54, 1.807) is 32.1 Å². The van der Waals surface area contributed by atoms with E-state index >= 15 is 0 Å². The monoisotopic (exact) mass is 318 g/mol. The third-order valence-corrected chi connectivity index (χ3v) is 3.29. The highest BCUT2D eigenvalue weighted by Crippen LogP contribution is 2.12. The van der Waals surface area contributed by atoms with Crippen LogP contribution in [0.15, 0.2) is 30.3 Å². The van der Waals surface area contributed by atoms with Crippen LogP contribution in [0.25, 0.3) is 6.08 Å². The fourth-order valence-electron chi connectivity index (χ4n) is 2.18. The normalized spacial score (nSPS) is 12.3. The van der Waals surface area contributed by atoms with E-state index in [4.69, 9.17) is 4.74 Å². The molecule has 23 heavy (non-hydrogen) atoms. The molecule has 0 saturated carbocycles. The van der Waals surface area contributed by atoms with E-state index in [-0.39, 0.29) is 11.8 Å². The summed E-state index contributed by atoms with van der Waals surface area (Å²) in [6.45, 7) is 6.45. The van der Waals surface area contributed by atoms with E-state index in [0.717, 1.165) is 11.3 Å². The first-order valence-electron chi connectivity index (χ1n) is 7.71. The summed E-state index contributed by atoms with van der Waals surface area (Å²) in [5.74, 6) is 0.769. The molecular weight excluding hydrogens is 292 g/mol. The number of hydrogen-bond donors (Lipinski definition) is 1. The van der Waals surface area contributed by atoms with Crippen molar-refractivity contribution in [3.63, 3.8) is 0 Å². The third kappa shape index (κ3) is 6.55. The van der Waals surface area contributed by atoms with Crippen molar-refractivity contribution >= 4 is 17.9 Å². The van der Waals surface area contributed by atoms with Gasteiger partial charge in [-0.3, -0.25) is 9.59 Å². The van der Waals surface area contributed by atoms with Crippen LogP contribution in [0.3, 0.4) is 0 Å². The molecule has 1 atom stereocenters. The Morgan fingerprint density at radius 1 is 1.22 bits per heavy atom. The van der Waals surface area contributed by atoms with Gasteiger partial charge < -0.3 is 15.0 Å². The SMILES string of the molecule is COc1ccc(/C=C/C(=O)NC(C)C(=O)N(C)CC(C)C)cc1. The quantitative estimate of drug-likeness (QED) is 0.785. The minimum absolute atomic E-state index is 0.0927. The Hall–Kier alpha value is -2.30. The van der Waals surface area contributed by atoms with Crippen molar-refractivity contribution in [1.29, 1.82) is 0 Å². The van der Waals surface area contributed by atoms with E-state index in [2.05, 4.69) is 5.32 Å². The number of carbonyl (C=O) groups excluding carboxylic acids is 2. The van der Waals surface area contributed by atoms with Crippen molar-refractivity contribution in [3.05, 3.63) is 35.9 Å². The largest absolute Gasteiger partial charge is 0.497 e. The molecule has 0 fully saturated rings. The predicted octanol–water partition coefficient (Wildman–Crippen LogP) is 2.33. The van der Waals surface area contributed by atoms with Crippen molar-refractivity contribution in [1.82, 2.24) is 10.2 Å². The summed E-state index contributed by atoms with van der Waals surface area (Å²) in [5.41, 5.74) is 0.886. The van der Waals surface area contributed by atoms with Gasteiger partial charge >= 0.3 is 0 Å². The molecule has 0 bridgehead atoms. The van der Waals surface area contributed by atoms with Gasteiger partial charge in [0.2, 0.25) is 11.8 Å². The van der Waals surface area contributed by atoms with Gasteiger partial charge in [-0.2, -0.15) is 0 Å². The maximum Gasteiger partial charge on any atom is 0.244 e. The lowest BCUT2D eigenvalue weighted by Crippen LogP contribution is -2.46. The van der Waals surface area contributed by atoms with E-state index in [1.807, 2.05) is 38.1 Å². The molecule has 0 aliphatic heterocycles. The van der Waals surface area contributed by atoms with Crippen molar-refractivity contribution in [3.8, 4) is 5.75 Å². The average molecular weight is 318 g/mol. The van der Waals surface area contributed by atoms with Gasteiger partial charge in [0.15, 0.2) is 0 Å². The number of carbonyl (C=O) groups is 2. The fourth-order valence-corrected chi connectivity index (χ4v) is 2.18. The first kappa shape index (κ1) is 18.7. The first-order valence-corrected chi connectivity index (χ1v) is 7.71. The fraction of sp³-hybridized carbons (Fsp3) is 0.444. The van der Waals surface area contributed by atoms with Gasteiger partial charge in [0, 0.05) is 19.7 Å². The molecule has 5 nitrogen and oxygen atoms in total. The van der Waals surface area contributed by atoms with Crippen LogP contribution in [0.4, 0.5) is 0 Å². The average Bonchev–Trinajstić information content (AvgIpc) is 2.51. The lowest BCUT2D eigenvalue weighted by molar-refractivity contribution is -0.134. The summed E-state index contributed by atoms with van der Waals surface area (Å²) in [6.07, 6.45) is 3.12. The number of benzene rings is 1. The van der Waals surface area contributed by atoms with Gasteiger partial charge in [-0.05, 0) is 36.6 Å². The van der Waals surface area contributed by atoms with Gasteiger partial charge in [-0.1, -0.05) is 26.0 Å². The minimum atomic E-state index is -0.549. The predicted molar refractivity (Wildman–Crippen MR) is 92.1 cm³/mol. The lowest BCUT2D eigenvalue weighted by Gasteiger charge is -2.23. The molecule has 0 radical (unpaired) electrons. The zero-order valence-electron chi connectivity index (χ0n) is 14.5. The standard InChI is InChI=1S/C18H26N2O3/c1-13(2)12-20(4)18(22)14(3)19-17(21)11-8-15-6-9-16(23-5)10-7-15/h6-11,13-14H,12H2,1-5H3,(H,19,21)/b11-8+. The second-order valence-corrected chi connectivity index (χ2v) is 5.95. The summed E-state index contributed by atoms with van der Waals surface area (Å²) in [6, 6.07) is 6.81. The van der Waals surface area contributed by atoms with Gasteiger partial charge in [-0.15, -0.1) is 0 Å². The zero-order valence-corrected chi connectivity index (χ0v) is 14.5. The Morgan fingerprint density at radius 3 is 2.35 bits per heavy atom. The Balaban J connectivity index is 2.54. The summed E-state index contributed by atoms with van der Waals surface area (Å²) < 4.78 is 5.08. The van der Waals surface area contributed by atoms with Gasteiger partial charge in [0.1, 0.15) is 11.8 Å². The van der Waals surface area contributed by atoms with Crippen molar-refractivity contribution in [2.75, 3.05) is 20.7 Å². The summed E-state index contributed by atoms with van der Waals surface area (Å²) in [4.78, 5) is 25.7. The van der Waals surface area contributed by atoms with Crippen molar-refractivity contribution in [2.24, 2.45) is 5.92 Å². The van der Waals surface area contributed by atoms with Crippen LogP contribution >= 0.6 is 0 Å². The Labute approximate surface area is 138 Å². The van der Waals surface area contributed by atoms with E-state index in [9.17, 15) is 9.59 Å². The number of likely N-dealkylation sites (N-methyl/N-ethyl adjacent to an activating group) is 1. The highest BCUT2D eigenvalue weighted by Gasteiger charge is 2.18. The summed E-state index contributed by atoms with van der Waals surface area (Å²) >= 11 is 0. The van der Waals surface area contributed by atoms with Crippen LogP contribution in [0.5, 0.6) is 5.75 Å². The molecular formula is C18H26N2O3. The van der Waals surface area contributed by atoms with E-state index < -0.39 is 6.04 Å². The molecule has 1 aromatic rings. The molecule has 0 spiro atoms. The van der Waals surface area contributed by atoms with Gasteiger partial charge in [0.05, 0.1) is 7.11 Å². The lowest BCUT2D eigenvalue weighted by atomic mass is 10.2. The van der Waals surface area contributed by atoms with Crippen molar-refractivity contribution in [2.45, 2.75) is 26.8 Å². The Bertz CT molecular complexity index is 550. The van der Waals surface area contributed by atoms with Crippen LogP contribution < -0.4 is 10.1 Å². The number of ether oxygens (including phenoxy) is 1. The number of hydrogen-bond acceptors (Lipinski definition) is 3. The number of nitrogens with one attached hydrogen (secondary N) is 1. The molecule has 0 aromatic heterocycles. The maximum atomic E-state index is 12.1. The molecule has 2 amide bonds. The van der Waals surface area contributed by atoms with Crippen LogP contribution in [0.1, 0.15) is 26.3 Å². The number of rotatable bonds is 7. The molecule has 5 heteroatoms. The zero-order chi connectivity index (χ0) is 17.4. The molecule has 0 saturated heterocycles. The van der Waals surface area contributed by atoms with Crippen LogP contribution in [-0.4, -0.2) is 43.5 Å². The van der Waals surface area contributed by atoms with Gasteiger partial charge in [-0.25, -0.2) is 0 Å². The molecule has 1 N–H and O–H groups in total. The molecule has 0 heterocycles. The van der Waals surface area contributed by atoms with E-state index in [1.165, 1.54) is 6.08 Å². The number of methoxy groups -OCH3 is 1. The number of amides is 2. The second kappa shape index (κ2) is 8.98. The first-order chi connectivity index (χ1) is 10.8. The molecule has 0 aliphatic rings. The van der Waals surface area contributed by atoms with Crippen LogP contribution in [0, 0.1) is 5.92 Å². The smallest absolute Gasteiger partial charge is 0.244 e. The maximum absolute atomic E-state index is 12.1. The Kier molecular flexibility index (Phi) is 7.32. The molecule has 126 valence electrons. The molecule has 1 rings (SSSR count). The summed E-state index contributed by atoms with van der Waals surface area (Å²) in [5, 5.41) is 2.68. The van der Waals surface area contributed by atoms with Gasteiger partial charge in [0.25, 0.3) is 0 Å². The molecule has 0 aliphatic carbocycles. The van der Waals surface area contributed by atoms with Crippen LogP contribution in [0.2, 0.25) is 0 Å². The third-order valence-electron chi connectivity index (χ3n) is 3.29. The topological polar surface area (TPSA) is 58.6 Å². The van der Waals surface area contributed by atoms with E-state index in [0.29, 0.717) is 12.5 Å². The van der Waals surface area contributed by atoms with Crippen molar-refractivity contribution < 1.29 is 14.3 Å².